The minimum atomic E-state index is -0.591. The third kappa shape index (κ3) is 2.39. The van der Waals surface area contributed by atoms with Crippen molar-refractivity contribution < 1.29 is 14.4 Å². The van der Waals surface area contributed by atoms with Crippen molar-refractivity contribution in [2.24, 2.45) is 11.8 Å². The summed E-state index contributed by atoms with van der Waals surface area (Å²) in [6, 6.07) is 16.0. The predicted octanol–water partition coefficient (Wildman–Crippen LogP) is 2.83. The number of hydrogen-bond acceptors (Lipinski definition) is 4. The molecule has 4 atom stereocenters. The van der Waals surface area contributed by atoms with Crippen molar-refractivity contribution in [3.8, 4) is 0 Å². The van der Waals surface area contributed by atoms with Crippen molar-refractivity contribution in [1.82, 2.24) is 4.90 Å². The normalized spacial score (nSPS) is 29.2. The zero-order valence-corrected chi connectivity index (χ0v) is 15.7. The van der Waals surface area contributed by atoms with E-state index in [1.54, 1.807) is 12.1 Å². The largest absolute Gasteiger partial charge is 0.292 e. The fourth-order valence-corrected chi connectivity index (χ4v) is 5.24. The second kappa shape index (κ2) is 6.38. The number of Topliss-reactive ketones (excluding diaryl/α,β-unsaturated/α-hetero) is 1. The van der Waals surface area contributed by atoms with Gasteiger partial charge in [-0.3, -0.25) is 19.3 Å². The summed E-state index contributed by atoms with van der Waals surface area (Å²) in [6.07, 6.45) is 1.82. The second-order valence-electron chi connectivity index (χ2n) is 8.02. The van der Waals surface area contributed by atoms with Crippen LogP contribution in [-0.4, -0.2) is 41.1 Å². The first-order valence-electron chi connectivity index (χ1n) is 9.87. The average molecular weight is 374 g/mol. The Morgan fingerprint density at radius 2 is 1.61 bits per heavy atom. The molecule has 2 aromatic carbocycles. The molecule has 2 aromatic rings. The van der Waals surface area contributed by atoms with Gasteiger partial charge in [0.05, 0.1) is 23.6 Å². The van der Waals surface area contributed by atoms with Crippen LogP contribution >= 0.6 is 0 Å². The number of benzene rings is 2. The molecule has 5 rings (SSSR count). The number of rotatable bonds is 3. The van der Waals surface area contributed by atoms with Crippen LogP contribution in [0.2, 0.25) is 0 Å². The first-order chi connectivity index (χ1) is 13.6. The Hall–Kier alpha value is -2.79. The monoisotopic (exact) mass is 374 g/mol. The van der Waals surface area contributed by atoms with Crippen molar-refractivity contribution in [2.75, 3.05) is 11.4 Å². The zero-order chi connectivity index (χ0) is 19.4. The fraction of sp³-hybridized carbons (Fsp3) is 0.348. The molecule has 5 nitrogen and oxygen atoms in total. The van der Waals surface area contributed by atoms with E-state index in [4.69, 9.17) is 0 Å². The van der Waals surface area contributed by atoms with Crippen LogP contribution in [0.25, 0.3) is 0 Å². The first-order valence-corrected chi connectivity index (χ1v) is 9.87. The van der Waals surface area contributed by atoms with Crippen molar-refractivity contribution in [3.05, 3.63) is 65.7 Å². The molecule has 3 fully saturated rings. The van der Waals surface area contributed by atoms with Crippen LogP contribution in [0.15, 0.2) is 54.6 Å². The highest BCUT2D eigenvalue weighted by atomic mass is 16.2. The highest BCUT2D eigenvalue weighted by molar-refractivity contribution is 6.24. The van der Waals surface area contributed by atoms with Gasteiger partial charge in [0.15, 0.2) is 5.78 Å². The summed E-state index contributed by atoms with van der Waals surface area (Å²) in [5.41, 5.74) is 2.28. The Morgan fingerprint density at radius 1 is 0.929 bits per heavy atom. The van der Waals surface area contributed by atoms with E-state index >= 15 is 0 Å². The van der Waals surface area contributed by atoms with Gasteiger partial charge in [-0.2, -0.15) is 0 Å². The number of carbonyl (C=O) groups is 3. The topological polar surface area (TPSA) is 57.7 Å². The lowest BCUT2D eigenvalue weighted by atomic mass is 9.85. The minimum absolute atomic E-state index is 0.0189. The maximum Gasteiger partial charge on any atom is 0.239 e. The molecule has 0 N–H and O–H groups in total. The molecule has 3 saturated heterocycles. The van der Waals surface area contributed by atoms with E-state index in [2.05, 4.69) is 4.90 Å². The van der Waals surface area contributed by atoms with Crippen LogP contribution in [0.5, 0.6) is 0 Å². The zero-order valence-electron chi connectivity index (χ0n) is 15.7. The summed E-state index contributed by atoms with van der Waals surface area (Å²) >= 11 is 0. The number of amides is 2. The number of imide groups is 1. The molecule has 2 amide bonds. The van der Waals surface area contributed by atoms with Crippen LogP contribution in [-0.2, 0) is 9.59 Å². The molecule has 0 spiro atoms. The van der Waals surface area contributed by atoms with E-state index in [9.17, 15) is 14.4 Å². The van der Waals surface area contributed by atoms with Crippen molar-refractivity contribution in [2.45, 2.75) is 31.8 Å². The van der Waals surface area contributed by atoms with Crippen molar-refractivity contribution >= 4 is 23.3 Å². The third-order valence-corrected chi connectivity index (χ3v) is 6.47. The standard InChI is InChI=1S/C23H22N2O3/c1-14-9-11-16(12-10-14)25-22(27)18-17-8-5-13-24(17)20(19(18)23(25)28)21(26)15-6-3-2-4-7-15/h2-4,6-7,9-12,17-20H,5,8,13H2,1H3/t17-,18+,19-,20+/m1/s1. The van der Waals surface area contributed by atoms with E-state index in [1.807, 2.05) is 49.4 Å². The molecule has 0 aliphatic carbocycles. The molecule has 5 heteroatoms. The molecular formula is C23H22N2O3. The van der Waals surface area contributed by atoms with E-state index in [0.717, 1.165) is 24.9 Å². The van der Waals surface area contributed by atoms with E-state index in [-0.39, 0.29) is 23.6 Å². The summed E-state index contributed by atoms with van der Waals surface area (Å²) in [7, 11) is 0. The Balaban J connectivity index is 1.55. The van der Waals surface area contributed by atoms with Crippen LogP contribution in [0.3, 0.4) is 0 Å². The summed E-state index contributed by atoms with van der Waals surface area (Å²) in [5, 5.41) is 0. The number of anilines is 1. The minimum Gasteiger partial charge on any atom is -0.292 e. The highest BCUT2D eigenvalue weighted by Crippen LogP contribution is 2.48. The molecular weight excluding hydrogens is 352 g/mol. The van der Waals surface area contributed by atoms with Crippen molar-refractivity contribution in [1.29, 1.82) is 0 Å². The van der Waals surface area contributed by atoms with Crippen LogP contribution in [0, 0.1) is 18.8 Å². The van der Waals surface area contributed by atoms with Gasteiger partial charge >= 0.3 is 0 Å². The lowest BCUT2D eigenvalue weighted by Gasteiger charge is -2.27. The molecule has 28 heavy (non-hydrogen) atoms. The number of nitrogens with zero attached hydrogens (tertiary/aromatic N) is 2. The molecule has 0 bridgehead atoms. The van der Waals surface area contributed by atoms with E-state index in [0.29, 0.717) is 11.3 Å². The van der Waals surface area contributed by atoms with E-state index in [1.165, 1.54) is 4.90 Å². The molecule has 0 radical (unpaired) electrons. The van der Waals surface area contributed by atoms with Gasteiger partial charge in [-0.25, -0.2) is 4.90 Å². The van der Waals surface area contributed by atoms with Crippen LogP contribution < -0.4 is 4.90 Å². The maximum absolute atomic E-state index is 13.4. The maximum atomic E-state index is 13.4. The van der Waals surface area contributed by atoms with Gasteiger partial charge in [-0.15, -0.1) is 0 Å². The molecule has 3 aliphatic rings. The predicted molar refractivity (Wildman–Crippen MR) is 105 cm³/mol. The van der Waals surface area contributed by atoms with Crippen LogP contribution in [0.4, 0.5) is 5.69 Å². The highest BCUT2D eigenvalue weighted by Gasteiger charge is 2.64. The Labute approximate surface area is 163 Å². The molecule has 3 heterocycles. The first kappa shape index (κ1) is 17.3. The smallest absolute Gasteiger partial charge is 0.239 e. The van der Waals surface area contributed by atoms with Gasteiger partial charge in [0.1, 0.15) is 0 Å². The van der Waals surface area contributed by atoms with Gasteiger partial charge in [0.25, 0.3) is 0 Å². The molecule has 3 aliphatic heterocycles. The SMILES string of the molecule is Cc1ccc(N2C(=O)[C@@H]3[C@@H](C2=O)[C@@H](C(=O)c2ccccc2)N2CCC[C@H]32)cc1. The number of carbonyl (C=O) groups excluding carboxylic acids is 3. The number of fused-ring (bicyclic) bond motifs is 3. The Kier molecular flexibility index (Phi) is 3.95. The quantitative estimate of drug-likeness (QED) is 0.612. The van der Waals surface area contributed by atoms with Gasteiger partial charge in [0, 0.05) is 11.6 Å². The van der Waals surface area contributed by atoms with Gasteiger partial charge < -0.3 is 0 Å². The number of ketones is 1. The average Bonchev–Trinajstić information content (AvgIpc) is 3.35. The fourth-order valence-electron chi connectivity index (χ4n) is 5.24. The second-order valence-corrected chi connectivity index (χ2v) is 8.02. The Morgan fingerprint density at radius 3 is 2.32 bits per heavy atom. The number of hydrogen-bond donors (Lipinski definition) is 0. The summed E-state index contributed by atoms with van der Waals surface area (Å²) in [5.74, 6) is -1.45. The van der Waals surface area contributed by atoms with E-state index < -0.39 is 17.9 Å². The third-order valence-electron chi connectivity index (χ3n) is 6.47. The molecule has 142 valence electrons. The molecule has 0 aromatic heterocycles. The Bertz CT molecular complexity index is 954. The van der Waals surface area contributed by atoms with Gasteiger partial charge in [0.2, 0.25) is 11.8 Å². The molecule has 0 unspecified atom stereocenters. The van der Waals surface area contributed by atoms with Crippen LogP contribution in [0.1, 0.15) is 28.8 Å². The molecule has 0 saturated carbocycles. The summed E-state index contributed by atoms with van der Waals surface area (Å²) in [6.45, 7) is 2.74. The lowest BCUT2D eigenvalue weighted by Crippen LogP contribution is -2.46. The van der Waals surface area contributed by atoms with Gasteiger partial charge in [-0.05, 0) is 38.4 Å². The number of aryl methyl sites for hydroxylation is 1. The van der Waals surface area contributed by atoms with Gasteiger partial charge in [-0.1, -0.05) is 48.0 Å². The van der Waals surface area contributed by atoms with Crippen molar-refractivity contribution in [3.63, 3.8) is 0 Å². The summed E-state index contributed by atoms with van der Waals surface area (Å²) in [4.78, 5) is 43.5. The summed E-state index contributed by atoms with van der Waals surface area (Å²) < 4.78 is 0. The lowest BCUT2D eigenvalue weighted by molar-refractivity contribution is -0.123.